The molecule has 0 heterocycles. The Morgan fingerprint density at radius 2 is 1.44 bits per heavy atom. The second kappa shape index (κ2) is 9.50. The summed E-state index contributed by atoms with van der Waals surface area (Å²) in [6, 6.07) is 28.0. The monoisotopic (exact) mass is 375 g/mol. The fourth-order valence-electron chi connectivity index (χ4n) is 2.75. The summed E-state index contributed by atoms with van der Waals surface area (Å²) < 4.78 is 5.32. The van der Waals surface area contributed by atoms with E-state index in [1.807, 2.05) is 60.7 Å². The molecule has 0 aromatic heterocycles. The SMILES string of the molecule is COc1ccccc1/C=N/NC(=S)NC(c1ccccc1)c1ccccc1. The quantitative estimate of drug-likeness (QED) is 0.383. The fraction of sp³-hybridized carbons (Fsp3) is 0.0909. The molecule has 2 N–H and O–H groups in total. The van der Waals surface area contributed by atoms with Crippen LogP contribution in [-0.2, 0) is 0 Å². The van der Waals surface area contributed by atoms with Gasteiger partial charge in [-0.2, -0.15) is 5.10 Å². The summed E-state index contributed by atoms with van der Waals surface area (Å²) in [5.74, 6) is 0.758. The molecule has 0 aliphatic rings. The molecule has 136 valence electrons. The third-order valence-corrected chi connectivity index (χ3v) is 4.26. The number of nitrogens with zero attached hydrogens (tertiary/aromatic N) is 1. The van der Waals surface area contributed by atoms with Crippen LogP contribution < -0.4 is 15.5 Å². The van der Waals surface area contributed by atoms with Gasteiger partial charge in [0.1, 0.15) is 5.75 Å². The minimum Gasteiger partial charge on any atom is -0.496 e. The van der Waals surface area contributed by atoms with Gasteiger partial charge in [0.05, 0.1) is 19.4 Å². The molecule has 0 fully saturated rings. The van der Waals surface area contributed by atoms with Gasteiger partial charge < -0.3 is 10.1 Å². The Hall–Kier alpha value is -3.18. The van der Waals surface area contributed by atoms with Crippen molar-refractivity contribution in [3.8, 4) is 5.75 Å². The Kier molecular flexibility index (Phi) is 6.55. The maximum Gasteiger partial charge on any atom is 0.187 e. The van der Waals surface area contributed by atoms with E-state index in [1.54, 1.807) is 13.3 Å². The van der Waals surface area contributed by atoms with Crippen molar-refractivity contribution in [2.24, 2.45) is 5.10 Å². The van der Waals surface area contributed by atoms with Crippen molar-refractivity contribution in [1.29, 1.82) is 0 Å². The lowest BCUT2D eigenvalue weighted by molar-refractivity contribution is 0.414. The van der Waals surface area contributed by atoms with Crippen LogP contribution in [0.15, 0.2) is 90.0 Å². The molecule has 5 heteroatoms. The Labute approximate surface area is 164 Å². The van der Waals surface area contributed by atoms with Crippen molar-refractivity contribution < 1.29 is 4.74 Å². The van der Waals surface area contributed by atoms with Crippen LogP contribution in [-0.4, -0.2) is 18.4 Å². The maximum atomic E-state index is 5.44. The van der Waals surface area contributed by atoms with E-state index in [0.29, 0.717) is 5.11 Å². The Balaban J connectivity index is 1.71. The Morgan fingerprint density at radius 1 is 0.889 bits per heavy atom. The van der Waals surface area contributed by atoms with E-state index in [9.17, 15) is 0 Å². The van der Waals surface area contributed by atoms with Gasteiger partial charge in [-0.1, -0.05) is 72.8 Å². The molecular weight excluding hydrogens is 354 g/mol. The van der Waals surface area contributed by atoms with Crippen LogP contribution in [0.2, 0.25) is 0 Å². The first kappa shape index (κ1) is 18.6. The largest absolute Gasteiger partial charge is 0.496 e. The molecule has 0 amide bonds. The van der Waals surface area contributed by atoms with E-state index >= 15 is 0 Å². The molecule has 0 atom stereocenters. The molecule has 3 aromatic rings. The molecule has 0 saturated heterocycles. The zero-order chi connectivity index (χ0) is 18.9. The highest BCUT2D eigenvalue weighted by Gasteiger charge is 2.14. The first-order valence-corrected chi connectivity index (χ1v) is 9.01. The van der Waals surface area contributed by atoms with E-state index in [4.69, 9.17) is 17.0 Å². The van der Waals surface area contributed by atoms with Crippen molar-refractivity contribution in [1.82, 2.24) is 10.7 Å². The number of hydrazone groups is 1. The number of ether oxygens (including phenoxy) is 1. The normalized spacial score (nSPS) is 10.7. The number of rotatable bonds is 6. The highest BCUT2D eigenvalue weighted by molar-refractivity contribution is 7.80. The minimum atomic E-state index is -0.0612. The summed E-state index contributed by atoms with van der Waals surface area (Å²) in [6.45, 7) is 0. The van der Waals surface area contributed by atoms with E-state index < -0.39 is 0 Å². The lowest BCUT2D eigenvalue weighted by Gasteiger charge is -2.21. The van der Waals surface area contributed by atoms with Crippen molar-refractivity contribution in [2.45, 2.75) is 6.04 Å². The molecule has 0 saturated carbocycles. The smallest absolute Gasteiger partial charge is 0.187 e. The second-order valence-electron chi connectivity index (χ2n) is 5.84. The van der Waals surface area contributed by atoms with Crippen LogP contribution in [0.5, 0.6) is 5.75 Å². The summed E-state index contributed by atoms with van der Waals surface area (Å²) in [4.78, 5) is 0. The summed E-state index contributed by atoms with van der Waals surface area (Å²) in [7, 11) is 1.64. The number of nitrogens with one attached hydrogen (secondary N) is 2. The predicted octanol–water partition coefficient (Wildman–Crippen LogP) is 4.28. The number of hydrogen-bond donors (Lipinski definition) is 2. The maximum absolute atomic E-state index is 5.44. The average Bonchev–Trinajstić information content (AvgIpc) is 2.73. The van der Waals surface area contributed by atoms with Gasteiger partial charge in [-0.15, -0.1) is 0 Å². The average molecular weight is 375 g/mol. The number of thiocarbonyl (C=S) groups is 1. The van der Waals surface area contributed by atoms with Gasteiger partial charge in [0.25, 0.3) is 0 Å². The first-order valence-electron chi connectivity index (χ1n) is 8.60. The molecule has 0 aliphatic carbocycles. The summed E-state index contributed by atoms with van der Waals surface area (Å²) >= 11 is 5.44. The van der Waals surface area contributed by atoms with Gasteiger partial charge >= 0.3 is 0 Å². The number of para-hydroxylation sites is 1. The van der Waals surface area contributed by atoms with Crippen molar-refractivity contribution >= 4 is 23.5 Å². The van der Waals surface area contributed by atoms with Gasteiger partial charge in [0, 0.05) is 5.56 Å². The van der Waals surface area contributed by atoms with Crippen LogP contribution in [0.3, 0.4) is 0 Å². The standard InChI is InChI=1S/C22H21N3OS/c1-26-20-15-9-8-14-19(20)16-23-25-22(27)24-21(17-10-4-2-5-11-17)18-12-6-3-7-13-18/h2-16,21H,1H3,(H2,24,25,27)/b23-16+. The Morgan fingerprint density at radius 3 is 2.04 bits per heavy atom. The van der Waals surface area contributed by atoms with Gasteiger partial charge in [0.2, 0.25) is 0 Å². The highest BCUT2D eigenvalue weighted by atomic mass is 32.1. The zero-order valence-corrected chi connectivity index (χ0v) is 15.8. The molecule has 0 unspecified atom stereocenters. The minimum absolute atomic E-state index is 0.0612. The van der Waals surface area contributed by atoms with Gasteiger partial charge in [-0.3, -0.25) is 5.43 Å². The van der Waals surface area contributed by atoms with Gasteiger partial charge in [-0.05, 0) is 35.5 Å². The third-order valence-electron chi connectivity index (χ3n) is 4.05. The van der Waals surface area contributed by atoms with E-state index in [0.717, 1.165) is 22.4 Å². The van der Waals surface area contributed by atoms with Crippen LogP contribution in [0.4, 0.5) is 0 Å². The van der Waals surface area contributed by atoms with E-state index in [-0.39, 0.29) is 6.04 Å². The van der Waals surface area contributed by atoms with Gasteiger partial charge in [-0.25, -0.2) is 0 Å². The Bertz CT molecular complexity index is 858. The molecule has 27 heavy (non-hydrogen) atoms. The van der Waals surface area contributed by atoms with Gasteiger partial charge in [0.15, 0.2) is 5.11 Å². The van der Waals surface area contributed by atoms with Crippen molar-refractivity contribution in [3.05, 3.63) is 102 Å². The summed E-state index contributed by atoms with van der Waals surface area (Å²) in [6.07, 6.45) is 1.69. The first-order chi connectivity index (χ1) is 13.3. The summed E-state index contributed by atoms with van der Waals surface area (Å²) in [5, 5.41) is 8.02. The fourth-order valence-corrected chi connectivity index (χ4v) is 2.92. The van der Waals surface area contributed by atoms with Crippen molar-refractivity contribution in [3.63, 3.8) is 0 Å². The van der Waals surface area contributed by atoms with E-state index in [1.165, 1.54) is 0 Å². The second-order valence-corrected chi connectivity index (χ2v) is 6.25. The zero-order valence-electron chi connectivity index (χ0n) is 15.0. The van der Waals surface area contributed by atoms with E-state index in [2.05, 4.69) is 40.1 Å². The molecule has 0 aliphatic heterocycles. The molecular formula is C22H21N3OS. The third kappa shape index (κ3) is 5.15. The van der Waals surface area contributed by atoms with Crippen LogP contribution in [0.25, 0.3) is 0 Å². The molecule has 0 spiro atoms. The molecule has 3 aromatic carbocycles. The number of methoxy groups -OCH3 is 1. The van der Waals surface area contributed by atoms with Crippen LogP contribution >= 0.6 is 12.2 Å². The number of benzene rings is 3. The molecule has 0 bridgehead atoms. The lowest BCUT2D eigenvalue weighted by Crippen LogP contribution is -2.35. The predicted molar refractivity (Wildman–Crippen MR) is 114 cm³/mol. The van der Waals surface area contributed by atoms with Crippen LogP contribution in [0.1, 0.15) is 22.7 Å². The highest BCUT2D eigenvalue weighted by Crippen LogP contribution is 2.21. The van der Waals surface area contributed by atoms with Crippen molar-refractivity contribution in [2.75, 3.05) is 7.11 Å². The molecule has 4 nitrogen and oxygen atoms in total. The number of hydrogen-bond acceptors (Lipinski definition) is 3. The lowest BCUT2D eigenvalue weighted by atomic mass is 9.99. The molecule has 3 rings (SSSR count). The van der Waals surface area contributed by atoms with Crippen LogP contribution in [0, 0.1) is 0 Å². The topological polar surface area (TPSA) is 45.6 Å². The summed E-state index contributed by atoms with van der Waals surface area (Å²) in [5.41, 5.74) is 6.01. The molecule has 0 radical (unpaired) electrons.